The largest absolute Gasteiger partial charge is 0.480 e. The van der Waals surface area contributed by atoms with Crippen LogP contribution in [-0.2, 0) is 19.7 Å². The summed E-state index contributed by atoms with van der Waals surface area (Å²) in [6, 6.07) is 6.94. The van der Waals surface area contributed by atoms with Gasteiger partial charge < -0.3 is 15.2 Å². The van der Waals surface area contributed by atoms with Gasteiger partial charge in [0, 0.05) is 20.1 Å². The van der Waals surface area contributed by atoms with E-state index in [4.69, 9.17) is 4.74 Å². The van der Waals surface area contributed by atoms with Crippen molar-refractivity contribution in [2.45, 2.75) is 37.6 Å². The number of benzene rings is 1. The van der Waals surface area contributed by atoms with Crippen LogP contribution in [0, 0.1) is 6.92 Å². The molecule has 21 heavy (non-hydrogen) atoms. The monoisotopic (exact) mass is 291 g/mol. The summed E-state index contributed by atoms with van der Waals surface area (Å²) < 4.78 is 4.89. The van der Waals surface area contributed by atoms with Crippen molar-refractivity contribution in [1.29, 1.82) is 0 Å². The first-order chi connectivity index (χ1) is 9.99. The zero-order chi connectivity index (χ0) is 15.5. The number of rotatable bonds is 7. The second kappa shape index (κ2) is 6.26. The zero-order valence-electron chi connectivity index (χ0n) is 12.4. The molecule has 1 aromatic rings. The van der Waals surface area contributed by atoms with Gasteiger partial charge in [0.25, 0.3) is 0 Å². The van der Waals surface area contributed by atoms with E-state index in [0.29, 0.717) is 6.61 Å². The Bertz CT molecular complexity index is 537. The van der Waals surface area contributed by atoms with Gasteiger partial charge in [-0.2, -0.15) is 0 Å². The zero-order valence-corrected chi connectivity index (χ0v) is 12.4. The van der Waals surface area contributed by atoms with E-state index in [9.17, 15) is 14.7 Å². The number of methoxy groups -OCH3 is 1. The van der Waals surface area contributed by atoms with Crippen molar-refractivity contribution >= 4 is 11.9 Å². The molecular formula is C16H21NO4. The molecule has 114 valence electrons. The topological polar surface area (TPSA) is 75.6 Å². The van der Waals surface area contributed by atoms with Gasteiger partial charge in [-0.3, -0.25) is 4.79 Å². The van der Waals surface area contributed by atoms with E-state index in [0.717, 1.165) is 24.0 Å². The maximum absolute atomic E-state index is 12.5. The highest BCUT2D eigenvalue weighted by atomic mass is 16.5. The van der Waals surface area contributed by atoms with Crippen LogP contribution in [0.3, 0.4) is 0 Å². The van der Waals surface area contributed by atoms with Crippen LogP contribution in [0.4, 0.5) is 0 Å². The lowest BCUT2D eigenvalue weighted by molar-refractivity contribution is -0.142. The van der Waals surface area contributed by atoms with E-state index in [-0.39, 0.29) is 12.3 Å². The fourth-order valence-electron chi connectivity index (χ4n) is 2.50. The summed E-state index contributed by atoms with van der Waals surface area (Å²) in [5, 5.41) is 11.8. The van der Waals surface area contributed by atoms with E-state index in [1.54, 1.807) is 0 Å². The molecule has 2 N–H and O–H groups in total. The number of carboxylic acid groups (broad SMARTS) is 1. The van der Waals surface area contributed by atoms with Crippen LogP contribution >= 0.6 is 0 Å². The fourth-order valence-corrected chi connectivity index (χ4v) is 2.50. The van der Waals surface area contributed by atoms with Crippen molar-refractivity contribution in [3.05, 3.63) is 35.4 Å². The Morgan fingerprint density at radius 2 is 2.14 bits per heavy atom. The molecule has 1 fully saturated rings. The van der Waals surface area contributed by atoms with Crippen LogP contribution in [-0.4, -0.2) is 36.7 Å². The summed E-state index contributed by atoms with van der Waals surface area (Å²) in [5.41, 5.74) is 1.52. The van der Waals surface area contributed by atoms with E-state index < -0.39 is 17.4 Å². The number of ether oxygens (including phenoxy) is 1. The smallest absolute Gasteiger partial charge is 0.326 e. The quantitative estimate of drug-likeness (QED) is 0.800. The Morgan fingerprint density at radius 3 is 2.67 bits per heavy atom. The number of amides is 1. The molecule has 1 unspecified atom stereocenters. The van der Waals surface area contributed by atoms with Crippen LogP contribution in [0.1, 0.15) is 30.4 Å². The molecule has 5 heteroatoms. The Balaban J connectivity index is 2.10. The van der Waals surface area contributed by atoms with E-state index in [1.165, 1.54) is 7.11 Å². The van der Waals surface area contributed by atoms with Crippen molar-refractivity contribution in [3.8, 4) is 0 Å². The number of aryl methyl sites for hydroxylation is 1. The van der Waals surface area contributed by atoms with Gasteiger partial charge in [-0.25, -0.2) is 4.79 Å². The average Bonchev–Trinajstić information content (AvgIpc) is 3.24. The minimum Gasteiger partial charge on any atom is -0.480 e. The SMILES string of the molecule is COCCC(NC(=O)C1(c2cccc(C)c2)CC1)C(=O)O. The molecule has 5 nitrogen and oxygen atoms in total. The van der Waals surface area contributed by atoms with Gasteiger partial charge in [0.05, 0.1) is 5.41 Å². The summed E-state index contributed by atoms with van der Waals surface area (Å²) in [4.78, 5) is 23.7. The van der Waals surface area contributed by atoms with Crippen LogP contribution in [0.2, 0.25) is 0 Å². The van der Waals surface area contributed by atoms with Gasteiger partial charge in [0.1, 0.15) is 6.04 Å². The third-order valence-corrected chi connectivity index (χ3v) is 3.97. The minimum atomic E-state index is -1.03. The molecule has 0 aliphatic heterocycles. The summed E-state index contributed by atoms with van der Waals surface area (Å²) >= 11 is 0. The van der Waals surface area contributed by atoms with E-state index in [1.807, 2.05) is 31.2 Å². The van der Waals surface area contributed by atoms with Gasteiger partial charge in [0.2, 0.25) is 5.91 Å². The van der Waals surface area contributed by atoms with Crippen molar-refractivity contribution in [2.24, 2.45) is 0 Å². The third kappa shape index (κ3) is 3.42. The van der Waals surface area contributed by atoms with Gasteiger partial charge in [0.15, 0.2) is 0 Å². The third-order valence-electron chi connectivity index (χ3n) is 3.97. The van der Waals surface area contributed by atoms with Crippen LogP contribution in [0.15, 0.2) is 24.3 Å². The van der Waals surface area contributed by atoms with E-state index in [2.05, 4.69) is 5.32 Å². The molecule has 1 aliphatic carbocycles. The number of aliphatic carboxylic acids is 1. The molecule has 2 rings (SSSR count). The maximum atomic E-state index is 12.5. The number of carbonyl (C=O) groups excluding carboxylic acids is 1. The lowest BCUT2D eigenvalue weighted by atomic mass is 9.93. The highest BCUT2D eigenvalue weighted by Crippen LogP contribution is 2.48. The first-order valence-corrected chi connectivity index (χ1v) is 7.09. The lowest BCUT2D eigenvalue weighted by Crippen LogP contribution is -2.46. The van der Waals surface area contributed by atoms with Crippen LogP contribution in [0.5, 0.6) is 0 Å². The highest BCUT2D eigenvalue weighted by molar-refractivity contribution is 5.94. The molecule has 1 atom stereocenters. The number of hydrogen-bond donors (Lipinski definition) is 2. The molecule has 0 spiro atoms. The highest BCUT2D eigenvalue weighted by Gasteiger charge is 2.51. The maximum Gasteiger partial charge on any atom is 0.326 e. The van der Waals surface area contributed by atoms with Crippen molar-refractivity contribution in [1.82, 2.24) is 5.32 Å². The molecule has 1 aliphatic rings. The molecule has 0 radical (unpaired) electrons. The molecule has 0 heterocycles. The van der Waals surface area contributed by atoms with Gasteiger partial charge in [-0.15, -0.1) is 0 Å². The molecule has 1 aromatic carbocycles. The number of nitrogens with one attached hydrogen (secondary N) is 1. The number of hydrogen-bond acceptors (Lipinski definition) is 3. The Kier molecular flexibility index (Phi) is 4.63. The second-order valence-electron chi connectivity index (χ2n) is 5.60. The molecule has 0 aromatic heterocycles. The standard InChI is InChI=1S/C16H21NO4/c1-11-4-3-5-12(10-11)16(7-8-16)15(20)17-13(14(18)19)6-9-21-2/h3-5,10,13H,6-9H2,1-2H3,(H,17,20)(H,18,19). The van der Waals surface area contributed by atoms with Crippen molar-refractivity contribution in [2.75, 3.05) is 13.7 Å². The van der Waals surface area contributed by atoms with Gasteiger partial charge in [-0.05, 0) is 25.3 Å². The van der Waals surface area contributed by atoms with Gasteiger partial charge >= 0.3 is 5.97 Å². The molecule has 0 bridgehead atoms. The molecule has 0 saturated heterocycles. The fraction of sp³-hybridized carbons (Fsp3) is 0.500. The second-order valence-corrected chi connectivity index (χ2v) is 5.60. The van der Waals surface area contributed by atoms with Crippen molar-refractivity contribution in [3.63, 3.8) is 0 Å². The minimum absolute atomic E-state index is 0.198. The molecular weight excluding hydrogens is 270 g/mol. The summed E-state index contributed by atoms with van der Waals surface area (Å²) in [6.45, 7) is 2.28. The normalized spacial score (nSPS) is 17.0. The Labute approximate surface area is 124 Å². The van der Waals surface area contributed by atoms with Crippen LogP contribution < -0.4 is 5.32 Å². The Hall–Kier alpha value is -1.88. The molecule has 1 amide bonds. The predicted molar refractivity (Wildman–Crippen MR) is 78.2 cm³/mol. The van der Waals surface area contributed by atoms with Gasteiger partial charge in [-0.1, -0.05) is 29.8 Å². The summed E-state index contributed by atoms with van der Waals surface area (Å²) in [7, 11) is 1.51. The predicted octanol–water partition coefficient (Wildman–Crippen LogP) is 1.63. The summed E-state index contributed by atoms with van der Waals surface area (Å²) in [6.07, 6.45) is 1.79. The first-order valence-electron chi connectivity index (χ1n) is 7.09. The number of carboxylic acids is 1. The van der Waals surface area contributed by atoms with Crippen LogP contribution in [0.25, 0.3) is 0 Å². The first kappa shape index (κ1) is 15.5. The van der Waals surface area contributed by atoms with E-state index >= 15 is 0 Å². The lowest BCUT2D eigenvalue weighted by Gasteiger charge is -2.20. The summed E-state index contributed by atoms with van der Waals surface area (Å²) in [5.74, 6) is -1.22. The molecule has 1 saturated carbocycles. The average molecular weight is 291 g/mol. The Morgan fingerprint density at radius 1 is 1.43 bits per heavy atom. The number of carbonyl (C=O) groups is 2. The van der Waals surface area contributed by atoms with Crippen molar-refractivity contribution < 1.29 is 19.4 Å².